The SMILES string of the molecule is CCNCc1ccc(N(C)CC(O)COC)cc1. The Morgan fingerprint density at radius 3 is 2.56 bits per heavy atom. The van der Waals surface area contributed by atoms with E-state index in [1.807, 2.05) is 11.9 Å². The fourth-order valence-corrected chi connectivity index (χ4v) is 1.80. The van der Waals surface area contributed by atoms with Crippen molar-refractivity contribution in [1.29, 1.82) is 0 Å². The number of hydrogen-bond donors (Lipinski definition) is 2. The van der Waals surface area contributed by atoms with Crippen LogP contribution < -0.4 is 10.2 Å². The minimum Gasteiger partial charge on any atom is -0.389 e. The Morgan fingerprint density at radius 2 is 2.00 bits per heavy atom. The topological polar surface area (TPSA) is 44.7 Å². The number of ether oxygens (including phenoxy) is 1. The zero-order valence-corrected chi connectivity index (χ0v) is 11.5. The summed E-state index contributed by atoms with van der Waals surface area (Å²) in [5, 5.41) is 13.0. The van der Waals surface area contributed by atoms with E-state index in [0.29, 0.717) is 13.2 Å². The standard InChI is InChI=1S/C14H24N2O2/c1-4-15-9-12-5-7-13(8-6-12)16(2)10-14(17)11-18-3/h5-8,14-15,17H,4,9-11H2,1-3H3. The lowest BCUT2D eigenvalue weighted by molar-refractivity contribution is 0.0695. The fraction of sp³-hybridized carbons (Fsp3) is 0.571. The third kappa shape index (κ3) is 5.04. The molecular formula is C14H24N2O2. The number of aliphatic hydroxyl groups is 1. The second-order valence-corrected chi connectivity index (χ2v) is 4.44. The summed E-state index contributed by atoms with van der Waals surface area (Å²) in [5.41, 5.74) is 2.37. The zero-order valence-electron chi connectivity index (χ0n) is 11.5. The highest BCUT2D eigenvalue weighted by molar-refractivity contribution is 5.46. The molecule has 1 aromatic rings. The molecule has 1 atom stereocenters. The molecule has 18 heavy (non-hydrogen) atoms. The molecule has 0 saturated heterocycles. The molecule has 0 aromatic heterocycles. The van der Waals surface area contributed by atoms with E-state index in [1.54, 1.807) is 7.11 Å². The lowest BCUT2D eigenvalue weighted by Gasteiger charge is -2.22. The molecule has 102 valence electrons. The Labute approximate surface area is 110 Å². The lowest BCUT2D eigenvalue weighted by Crippen LogP contribution is -2.31. The first kappa shape index (κ1) is 15.0. The van der Waals surface area contributed by atoms with Crippen LogP contribution in [-0.4, -0.2) is 45.1 Å². The fourth-order valence-electron chi connectivity index (χ4n) is 1.80. The monoisotopic (exact) mass is 252 g/mol. The second kappa shape index (κ2) is 8.08. The van der Waals surface area contributed by atoms with Crippen LogP contribution in [0.25, 0.3) is 0 Å². The van der Waals surface area contributed by atoms with Gasteiger partial charge in [0.05, 0.1) is 12.7 Å². The van der Waals surface area contributed by atoms with Gasteiger partial charge in [-0.2, -0.15) is 0 Å². The molecule has 0 amide bonds. The largest absolute Gasteiger partial charge is 0.389 e. The molecule has 1 rings (SSSR count). The van der Waals surface area contributed by atoms with Gasteiger partial charge in [-0.3, -0.25) is 0 Å². The van der Waals surface area contributed by atoms with E-state index in [1.165, 1.54) is 5.56 Å². The molecule has 0 heterocycles. The smallest absolute Gasteiger partial charge is 0.0947 e. The van der Waals surface area contributed by atoms with E-state index >= 15 is 0 Å². The van der Waals surface area contributed by atoms with Crippen molar-refractivity contribution in [3.05, 3.63) is 29.8 Å². The van der Waals surface area contributed by atoms with Crippen LogP contribution in [0.15, 0.2) is 24.3 Å². The van der Waals surface area contributed by atoms with E-state index < -0.39 is 6.10 Å². The predicted octanol–water partition coefficient (Wildman–Crippen LogP) is 1.24. The molecule has 0 spiro atoms. The van der Waals surface area contributed by atoms with Crippen molar-refractivity contribution >= 4 is 5.69 Å². The Morgan fingerprint density at radius 1 is 1.33 bits per heavy atom. The number of nitrogens with zero attached hydrogens (tertiary/aromatic N) is 1. The van der Waals surface area contributed by atoms with Crippen LogP contribution in [0, 0.1) is 0 Å². The predicted molar refractivity (Wildman–Crippen MR) is 75.0 cm³/mol. The number of nitrogens with one attached hydrogen (secondary N) is 1. The van der Waals surface area contributed by atoms with Gasteiger partial charge in [0.25, 0.3) is 0 Å². The average molecular weight is 252 g/mol. The van der Waals surface area contributed by atoms with Gasteiger partial charge in [-0.15, -0.1) is 0 Å². The summed E-state index contributed by atoms with van der Waals surface area (Å²) in [7, 11) is 3.57. The Balaban J connectivity index is 2.50. The molecular weight excluding hydrogens is 228 g/mol. The van der Waals surface area contributed by atoms with Gasteiger partial charge in [-0.1, -0.05) is 19.1 Å². The van der Waals surface area contributed by atoms with E-state index in [2.05, 4.69) is 36.5 Å². The molecule has 1 aromatic carbocycles. The average Bonchev–Trinajstić information content (AvgIpc) is 2.37. The van der Waals surface area contributed by atoms with Crippen molar-refractivity contribution in [2.45, 2.75) is 19.6 Å². The van der Waals surface area contributed by atoms with Crippen molar-refractivity contribution in [1.82, 2.24) is 5.32 Å². The van der Waals surface area contributed by atoms with Crippen LogP contribution in [0.3, 0.4) is 0 Å². The summed E-state index contributed by atoms with van der Waals surface area (Å²) in [6, 6.07) is 8.37. The Bertz CT molecular complexity index is 327. The summed E-state index contributed by atoms with van der Waals surface area (Å²) in [4.78, 5) is 2.03. The molecule has 0 aliphatic carbocycles. The van der Waals surface area contributed by atoms with Gasteiger partial charge in [0.2, 0.25) is 0 Å². The van der Waals surface area contributed by atoms with Crippen molar-refractivity contribution in [3.63, 3.8) is 0 Å². The second-order valence-electron chi connectivity index (χ2n) is 4.44. The summed E-state index contributed by atoms with van der Waals surface area (Å²) in [6.45, 7) is 4.90. The number of benzene rings is 1. The highest BCUT2D eigenvalue weighted by Crippen LogP contribution is 2.14. The van der Waals surface area contributed by atoms with Gasteiger partial charge >= 0.3 is 0 Å². The molecule has 2 N–H and O–H groups in total. The van der Waals surface area contributed by atoms with Crippen LogP contribution in [0.5, 0.6) is 0 Å². The van der Waals surface area contributed by atoms with Gasteiger partial charge in [0, 0.05) is 32.9 Å². The van der Waals surface area contributed by atoms with E-state index in [-0.39, 0.29) is 0 Å². The van der Waals surface area contributed by atoms with Crippen molar-refractivity contribution < 1.29 is 9.84 Å². The molecule has 0 aliphatic rings. The first-order valence-electron chi connectivity index (χ1n) is 6.35. The van der Waals surface area contributed by atoms with E-state index in [4.69, 9.17) is 4.74 Å². The first-order valence-corrected chi connectivity index (χ1v) is 6.35. The van der Waals surface area contributed by atoms with Crippen molar-refractivity contribution in [3.8, 4) is 0 Å². The molecule has 0 bridgehead atoms. The van der Waals surface area contributed by atoms with Crippen LogP contribution in [0.4, 0.5) is 5.69 Å². The minimum atomic E-state index is -0.457. The molecule has 0 fully saturated rings. The third-order valence-electron chi connectivity index (χ3n) is 2.80. The van der Waals surface area contributed by atoms with Gasteiger partial charge in [-0.05, 0) is 24.2 Å². The summed E-state index contributed by atoms with van der Waals surface area (Å²) >= 11 is 0. The van der Waals surface area contributed by atoms with Crippen LogP contribution in [-0.2, 0) is 11.3 Å². The zero-order chi connectivity index (χ0) is 13.4. The Hall–Kier alpha value is -1.10. The Kier molecular flexibility index (Phi) is 6.72. The lowest BCUT2D eigenvalue weighted by atomic mass is 10.2. The van der Waals surface area contributed by atoms with E-state index in [0.717, 1.165) is 18.8 Å². The third-order valence-corrected chi connectivity index (χ3v) is 2.80. The van der Waals surface area contributed by atoms with E-state index in [9.17, 15) is 5.11 Å². The quantitative estimate of drug-likeness (QED) is 0.730. The van der Waals surface area contributed by atoms with Crippen molar-refractivity contribution in [2.75, 3.05) is 38.8 Å². The maximum absolute atomic E-state index is 9.67. The van der Waals surface area contributed by atoms with Gasteiger partial charge < -0.3 is 20.1 Å². The van der Waals surface area contributed by atoms with Crippen LogP contribution in [0.1, 0.15) is 12.5 Å². The highest BCUT2D eigenvalue weighted by Gasteiger charge is 2.08. The number of methoxy groups -OCH3 is 1. The number of hydrogen-bond acceptors (Lipinski definition) is 4. The van der Waals surface area contributed by atoms with Gasteiger partial charge in [0.15, 0.2) is 0 Å². The van der Waals surface area contributed by atoms with Gasteiger partial charge in [0.1, 0.15) is 0 Å². The number of aliphatic hydroxyl groups excluding tert-OH is 1. The molecule has 0 radical (unpaired) electrons. The first-order chi connectivity index (χ1) is 8.67. The summed E-state index contributed by atoms with van der Waals surface area (Å²) in [6.07, 6.45) is -0.457. The van der Waals surface area contributed by atoms with Crippen LogP contribution in [0.2, 0.25) is 0 Å². The maximum Gasteiger partial charge on any atom is 0.0947 e. The minimum absolute atomic E-state index is 0.364. The maximum atomic E-state index is 9.67. The molecule has 4 heteroatoms. The number of rotatable bonds is 8. The molecule has 1 unspecified atom stereocenters. The molecule has 0 saturated carbocycles. The van der Waals surface area contributed by atoms with Crippen LogP contribution >= 0.6 is 0 Å². The van der Waals surface area contributed by atoms with Gasteiger partial charge in [-0.25, -0.2) is 0 Å². The van der Waals surface area contributed by atoms with Crippen molar-refractivity contribution in [2.24, 2.45) is 0 Å². The molecule has 0 aliphatic heterocycles. The normalized spacial score (nSPS) is 12.4. The highest BCUT2D eigenvalue weighted by atomic mass is 16.5. The number of anilines is 1. The molecule has 4 nitrogen and oxygen atoms in total. The summed E-state index contributed by atoms with van der Waals surface area (Å²) in [5.74, 6) is 0. The summed E-state index contributed by atoms with van der Waals surface area (Å²) < 4.78 is 4.92. The number of likely N-dealkylation sites (N-methyl/N-ethyl adjacent to an activating group) is 1.